The van der Waals surface area contributed by atoms with E-state index in [2.05, 4.69) is 4.98 Å². The summed E-state index contributed by atoms with van der Waals surface area (Å²) < 4.78 is 1.95. The lowest BCUT2D eigenvalue weighted by molar-refractivity contribution is -0.137. The molecule has 2 aromatic heterocycles. The average molecular weight is 266 g/mol. The van der Waals surface area contributed by atoms with Crippen LogP contribution in [0.5, 0.6) is 0 Å². The first-order chi connectivity index (χ1) is 9.75. The second-order valence-corrected chi connectivity index (χ2v) is 4.67. The van der Waals surface area contributed by atoms with E-state index < -0.39 is 5.97 Å². The molecule has 2 heterocycles. The fraction of sp³-hybridized carbons (Fsp3) is 0.125. The number of fused-ring (bicyclic) bond motifs is 1. The summed E-state index contributed by atoms with van der Waals surface area (Å²) in [5.74, 6) is -1.02. The molecule has 4 nitrogen and oxygen atoms in total. The minimum absolute atomic E-state index is 0.0483. The van der Waals surface area contributed by atoms with E-state index in [1.165, 1.54) is 0 Å². The Morgan fingerprint density at radius 2 is 1.90 bits per heavy atom. The van der Waals surface area contributed by atoms with Crippen LogP contribution in [0.3, 0.4) is 0 Å². The maximum Gasteiger partial charge on any atom is 0.304 e. The number of aromatic nitrogens is 2. The molecule has 1 N–H and O–H groups in total. The summed E-state index contributed by atoms with van der Waals surface area (Å²) in [4.78, 5) is 15.5. The molecule has 1 unspecified atom stereocenters. The van der Waals surface area contributed by atoms with Crippen molar-refractivity contribution < 1.29 is 9.90 Å². The fourth-order valence-electron chi connectivity index (χ4n) is 2.46. The number of imidazole rings is 1. The zero-order chi connectivity index (χ0) is 13.9. The molecular weight excluding hydrogens is 252 g/mol. The predicted octanol–water partition coefficient (Wildman–Crippen LogP) is 2.94. The van der Waals surface area contributed by atoms with Crippen LogP contribution in [0.2, 0.25) is 0 Å². The van der Waals surface area contributed by atoms with Crippen LogP contribution in [-0.4, -0.2) is 20.5 Å². The van der Waals surface area contributed by atoms with Crippen molar-refractivity contribution in [3.05, 3.63) is 72.2 Å². The highest BCUT2D eigenvalue weighted by atomic mass is 16.4. The highest BCUT2D eigenvalue weighted by molar-refractivity contribution is 5.69. The molecule has 3 rings (SSSR count). The lowest BCUT2D eigenvalue weighted by Gasteiger charge is -2.15. The summed E-state index contributed by atoms with van der Waals surface area (Å²) in [5, 5.41) is 9.19. The van der Waals surface area contributed by atoms with Gasteiger partial charge in [-0.1, -0.05) is 36.4 Å². The lowest BCUT2D eigenvalue weighted by atomic mass is 9.93. The SMILES string of the molecule is O=C(O)CC(c1ccccc1)c1cnc2ccccn12. The molecule has 20 heavy (non-hydrogen) atoms. The van der Waals surface area contributed by atoms with Crippen LogP contribution in [0.1, 0.15) is 23.6 Å². The largest absolute Gasteiger partial charge is 0.481 e. The minimum atomic E-state index is -0.815. The van der Waals surface area contributed by atoms with E-state index in [0.717, 1.165) is 16.9 Å². The van der Waals surface area contributed by atoms with Gasteiger partial charge in [-0.05, 0) is 17.7 Å². The molecule has 0 bridgehead atoms. The normalized spacial score (nSPS) is 12.4. The number of benzene rings is 1. The van der Waals surface area contributed by atoms with E-state index in [0.29, 0.717) is 0 Å². The minimum Gasteiger partial charge on any atom is -0.481 e. The van der Waals surface area contributed by atoms with Gasteiger partial charge in [-0.15, -0.1) is 0 Å². The Morgan fingerprint density at radius 3 is 2.65 bits per heavy atom. The summed E-state index contributed by atoms with van der Waals surface area (Å²) in [7, 11) is 0. The molecule has 4 heteroatoms. The van der Waals surface area contributed by atoms with Crippen LogP contribution in [-0.2, 0) is 4.79 Å². The maximum absolute atomic E-state index is 11.2. The monoisotopic (exact) mass is 266 g/mol. The average Bonchev–Trinajstić information content (AvgIpc) is 2.89. The number of carboxylic acid groups (broad SMARTS) is 1. The quantitative estimate of drug-likeness (QED) is 0.790. The molecule has 3 aromatic rings. The maximum atomic E-state index is 11.2. The van der Waals surface area contributed by atoms with Crippen LogP contribution in [0.25, 0.3) is 5.65 Å². The molecule has 0 saturated carbocycles. The summed E-state index contributed by atoms with van der Waals surface area (Å²) in [6.07, 6.45) is 3.72. The number of rotatable bonds is 4. The van der Waals surface area contributed by atoms with Crippen molar-refractivity contribution in [3.63, 3.8) is 0 Å². The molecule has 100 valence electrons. The van der Waals surface area contributed by atoms with Gasteiger partial charge >= 0.3 is 5.97 Å². The molecule has 1 atom stereocenters. The summed E-state index contributed by atoms with van der Waals surface area (Å²) >= 11 is 0. The van der Waals surface area contributed by atoms with E-state index in [9.17, 15) is 9.90 Å². The van der Waals surface area contributed by atoms with Gasteiger partial charge in [0.25, 0.3) is 0 Å². The zero-order valence-corrected chi connectivity index (χ0v) is 10.8. The zero-order valence-electron chi connectivity index (χ0n) is 10.8. The van der Waals surface area contributed by atoms with Gasteiger partial charge in [0.05, 0.1) is 12.1 Å². The lowest BCUT2D eigenvalue weighted by Crippen LogP contribution is -2.10. The highest BCUT2D eigenvalue weighted by Gasteiger charge is 2.21. The molecule has 0 aliphatic carbocycles. The Morgan fingerprint density at radius 1 is 1.15 bits per heavy atom. The van der Waals surface area contributed by atoms with Crippen molar-refractivity contribution in [1.29, 1.82) is 0 Å². The Hall–Kier alpha value is -2.62. The Kier molecular flexibility index (Phi) is 3.21. The molecular formula is C16H14N2O2. The van der Waals surface area contributed by atoms with Crippen LogP contribution in [0, 0.1) is 0 Å². The number of nitrogens with zero attached hydrogens (tertiary/aromatic N) is 2. The Labute approximate surface area is 116 Å². The van der Waals surface area contributed by atoms with Crippen LogP contribution in [0.15, 0.2) is 60.9 Å². The summed E-state index contributed by atoms with van der Waals surface area (Å²) in [6, 6.07) is 15.4. The first-order valence-electron chi connectivity index (χ1n) is 6.44. The molecule has 0 spiro atoms. The van der Waals surface area contributed by atoms with Crippen LogP contribution in [0.4, 0.5) is 0 Å². The van der Waals surface area contributed by atoms with Crippen molar-refractivity contribution in [2.24, 2.45) is 0 Å². The van der Waals surface area contributed by atoms with Crippen molar-refractivity contribution in [3.8, 4) is 0 Å². The first-order valence-corrected chi connectivity index (χ1v) is 6.44. The molecule has 0 aliphatic heterocycles. The number of carbonyl (C=O) groups is 1. The summed E-state index contributed by atoms with van der Waals surface area (Å²) in [6.45, 7) is 0. The van der Waals surface area contributed by atoms with Crippen molar-refractivity contribution in [2.75, 3.05) is 0 Å². The van der Waals surface area contributed by atoms with Crippen molar-refractivity contribution >= 4 is 11.6 Å². The van der Waals surface area contributed by atoms with E-state index in [-0.39, 0.29) is 12.3 Å². The smallest absolute Gasteiger partial charge is 0.304 e. The Balaban J connectivity index is 2.12. The van der Waals surface area contributed by atoms with Crippen molar-refractivity contribution in [1.82, 2.24) is 9.38 Å². The molecule has 0 saturated heterocycles. The molecule has 0 aliphatic rings. The number of aliphatic carboxylic acids is 1. The number of hydrogen-bond donors (Lipinski definition) is 1. The highest BCUT2D eigenvalue weighted by Crippen LogP contribution is 2.28. The van der Waals surface area contributed by atoms with E-state index in [4.69, 9.17) is 0 Å². The number of pyridine rings is 1. The van der Waals surface area contributed by atoms with Gasteiger partial charge < -0.3 is 9.51 Å². The van der Waals surface area contributed by atoms with Crippen LogP contribution < -0.4 is 0 Å². The van der Waals surface area contributed by atoms with Gasteiger partial charge in [0.15, 0.2) is 0 Å². The third kappa shape index (κ3) is 2.28. The topological polar surface area (TPSA) is 54.6 Å². The van der Waals surface area contributed by atoms with Gasteiger partial charge in [-0.3, -0.25) is 4.79 Å². The van der Waals surface area contributed by atoms with Gasteiger partial charge in [0.2, 0.25) is 0 Å². The van der Waals surface area contributed by atoms with Crippen molar-refractivity contribution in [2.45, 2.75) is 12.3 Å². The Bertz CT molecular complexity index is 734. The molecule has 0 radical (unpaired) electrons. The fourth-order valence-corrected chi connectivity index (χ4v) is 2.46. The van der Waals surface area contributed by atoms with E-state index in [1.807, 2.05) is 59.1 Å². The third-order valence-electron chi connectivity index (χ3n) is 3.38. The number of hydrogen-bond acceptors (Lipinski definition) is 2. The molecule has 0 fully saturated rings. The molecule has 1 aromatic carbocycles. The second kappa shape index (κ2) is 5.17. The third-order valence-corrected chi connectivity index (χ3v) is 3.38. The van der Waals surface area contributed by atoms with Gasteiger partial charge in [-0.25, -0.2) is 4.98 Å². The molecule has 0 amide bonds. The van der Waals surface area contributed by atoms with Gasteiger partial charge in [0, 0.05) is 18.3 Å². The van der Waals surface area contributed by atoms with E-state index in [1.54, 1.807) is 6.20 Å². The standard InChI is InChI=1S/C16H14N2O2/c19-16(20)10-13(12-6-2-1-3-7-12)14-11-17-15-8-4-5-9-18(14)15/h1-9,11,13H,10H2,(H,19,20). The van der Waals surface area contributed by atoms with Gasteiger partial charge in [0.1, 0.15) is 5.65 Å². The van der Waals surface area contributed by atoms with E-state index >= 15 is 0 Å². The van der Waals surface area contributed by atoms with Gasteiger partial charge in [-0.2, -0.15) is 0 Å². The van der Waals surface area contributed by atoms with Crippen LogP contribution >= 0.6 is 0 Å². The first kappa shape index (κ1) is 12.4. The summed E-state index contributed by atoms with van der Waals surface area (Å²) in [5.41, 5.74) is 2.71. The second-order valence-electron chi connectivity index (χ2n) is 4.67. The number of carboxylic acids is 1. The predicted molar refractivity (Wildman–Crippen MR) is 75.7 cm³/mol.